The Balaban J connectivity index is 1.63. The van der Waals surface area contributed by atoms with Crippen molar-refractivity contribution in [2.75, 3.05) is 0 Å². The molecule has 4 nitrogen and oxygen atoms in total. The molecule has 0 bridgehead atoms. The highest BCUT2D eigenvalue weighted by atomic mass is 32.2. The summed E-state index contributed by atoms with van der Waals surface area (Å²) in [5.74, 6) is 0.733. The third-order valence-electron chi connectivity index (χ3n) is 3.90. The fraction of sp³-hybridized carbons (Fsp3) is 0.278. The zero-order valence-corrected chi connectivity index (χ0v) is 13.8. The molecule has 2 unspecified atom stereocenters. The Hall–Kier alpha value is -1.98. The zero-order chi connectivity index (χ0) is 16.2. The molecule has 1 N–H and O–H groups in total. The first-order valence-electron chi connectivity index (χ1n) is 7.62. The molecule has 1 aliphatic carbocycles. The van der Waals surface area contributed by atoms with Crippen molar-refractivity contribution < 1.29 is 13.2 Å². The summed E-state index contributed by atoms with van der Waals surface area (Å²) < 4.78 is 20.5. The van der Waals surface area contributed by atoms with E-state index in [2.05, 4.69) is 10.8 Å². The molecule has 2 aromatic rings. The number of carbonyl (C=O) groups is 1. The minimum Gasteiger partial charge on any atom is -0.389 e. The normalized spacial score (nSPS) is 17.5. The molecule has 0 aromatic heterocycles. The van der Waals surface area contributed by atoms with E-state index in [1.54, 1.807) is 19.1 Å². The highest BCUT2D eigenvalue weighted by molar-refractivity contribution is 7.78. The van der Waals surface area contributed by atoms with Gasteiger partial charge in [-0.15, -0.1) is 0 Å². The molecule has 0 spiro atoms. The predicted molar refractivity (Wildman–Crippen MR) is 90.4 cm³/mol. The molecular formula is C18H19NO3S. The molecule has 0 fully saturated rings. The Kier molecular flexibility index (Phi) is 4.88. The zero-order valence-electron chi connectivity index (χ0n) is 13.0. The number of nitrogens with one attached hydrogen (secondary N) is 1. The van der Waals surface area contributed by atoms with E-state index in [4.69, 9.17) is 4.18 Å². The largest absolute Gasteiger partial charge is 0.389 e. The van der Waals surface area contributed by atoms with Crippen LogP contribution in [-0.4, -0.2) is 16.0 Å². The minimum absolute atomic E-state index is 0.0580. The van der Waals surface area contributed by atoms with Crippen molar-refractivity contribution in [2.45, 2.75) is 32.2 Å². The van der Waals surface area contributed by atoms with Crippen LogP contribution >= 0.6 is 0 Å². The van der Waals surface area contributed by atoms with Crippen molar-refractivity contribution in [3.8, 4) is 5.75 Å². The summed E-state index contributed by atoms with van der Waals surface area (Å²) in [5, 5.41) is 0. The molecule has 0 saturated carbocycles. The Bertz CT molecular complexity index is 730. The number of hydrogen-bond acceptors (Lipinski definition) is 3. The second-order valence-corrected chi connectivity index (χ2v) is 6.66. The Morgan fingerprint density at radius 3 is 2.70 bits per heavy atom. The van der Waals surface area contributed by atoms with Crippen LogP contribution in [0.15, 0.2) is 48.5 Å². The van der Waals surface area contributed by atoms with Crippen molar-refractivity contribution in [2.24, 2.45) is 0 Å². The predicted octanol–water partition coefficient (Wildman–Crippen LogP) is 2.53. The van der Waals surface area contributed by atoms with Gasteiger partial charge in [-0.2, -0.15) is 4.21 Å². The lowest BCUT2D eigenvalue weighted by Crippen LogP contribution is -2.33. The molecule has 0 radical (unpaired) electrons. The van der Waals surface area contributed by atoms with Crippen LogP contribution in [0.4, 0.5) is 0 Å². The van der Waals surface area contributed by atoms with Crippen molar-refractivity contribution in [3.63, 3.8) is 0 Å². The maximum absolute atomic E-state index is 12.1. The average molecular weight is 329 g/mol. The second-order valence-electron chi connectivity index (χ2n) is 5.79. The van der Waals surface area contributed by atoms with Gasteiger partial charge in [0, 0.05) is 12.5 Å². The molecule has 2 aromatic carbocycles. The average Bonchev–Trinajstić information content (AvgIpc) is 2.91. The number of benzene rings is 2. The first-order chi connectivity index (χ1) is 11.1. The van der Waals surface area contributed by atoms with Crippen molar-refractivity contribution in [1.29, 1.82) is 0 Å². The fourth-order valence-electron chi connectivity index (χ4n) is 2.97. The fourth-order valence-corrected chi connectivity index (χ4v) is 3.74. The number of hydrogen-bond donors (Lipinski definition) is 1. The topological polar surface area (TPSA) is 55.4 Å². The van der Waals surface area contributed by atoms with Gasteiger partial charge in [-0.1, -0.05) is 36.4 Å². The van der Waals surface area contributed by atoms with Crippen LogP contribution in [0.2, 0.25) is 0 Å². The quantitative estimate of drug-likeness (QED) is 0.886. The van der Waals surface area contributed by atoms with Crippen LogP contribution in [0.3, 0.4) is 0 Å². The Labute approximate surface area is 138 Å². The van der Waals surface area contributed by atoms with Crippen LogP contribution in [0, 0.1) is 0 Å². The number of Topliss-reactive ketones (excluding diaryl/α,β-unsaturated/α-hetero) is 1. The second kappa shape index (κ2) is 7.06. The van der Waals surface area contributed by atoms with Crippen molar-refractivity contribution in [3.05, 3.63) is 65.2 Å². The van der Waals surface area contributed by atoms with Gasteiger partial charge in [0.1, 0.15) is 11.5 Å². The molecule has 120 valence electrons. The van der Waals surface area contributed by atoms with E-state index in [1.165, 1.54) is 11.1 Å². The van der Waals surface area contributed by atoms with Crippen LogP contribution in [-0.2, 0) is 35.3 Å². The van der Waals surface area contributed by atoms with Gasteiger partial charge < -0.3 is 4.18 Å². The maximum Gasteiger partial charge on any atom is 0.288 e. The third-order valence-corrected chi connectivity index (χ3v) is 4.77. The lowest BCUT2D eigenvalue weighted by atomic mass is 9.99. The van der Waals surface area contributed by atoms with E-state index in [1.807, 2.05) is 30.3 Å². The summed E-state index contributed by atoms with van der Waals surface area (Å²) in [6.07, 6.45) is 2.02. The first-order valence-corrected chi connectivity index (χ1v) is 8.69. The van der Waals surface area contributed by atoms with Crippen LogP contribution < -0.4 is 8.91 Å². The van der Waals surface area contributed by atoms with Gasteiger partial charge in [-0.25, -0.2) is 4.72 Å². The van der Waals surface area contributed by atoms with E-state index < -0.39 is 11.3 Å². The molecule has 0 saturated heterocycles. The minimum atomic E-state index is -1.58. The number of para-hydroxylation sites is 1. The van der Waals surface area contributed by atoms with Crippen molar-refractivity contribution >= 4 is 17.0 Å². The molecule has 0 amide bonds. The lowest BCUT2D eigenvalue weighted by molar-refractivity contribution is -0.116. The first kappa shape index (κ1) is 15.9. The van der Waals surface area contributed by atoms with E-state index in [0.29, 0.717) is 12.2 Å². The summed E-state index contributed by atoms with van der Waals surface area (Å²) in [5.41, 5.74) is 3.50. The highest BCUT2D eigenvalue weighted by Crippen LogP contribution is 2.26. The Morgan fingerprint density at radius 1 is 1.17 bits per heavy atom. The number of fused-ring (bicyclic) bond motifs is 1. The third kappa shape index (κ3) is 4.06. The molecule has 1 aliphatic rings. The van der Waals surface area contributed by atoms with Crippen molar-refractivity contribution in [1.82, 2.24) is 4.72 Å². The summed E-state index contributed by atoms with van der Waals surface area (Å²) in [6.45, 7) is 1.60. The van der Waals surface area contributed by atoms with Crippen LogP contribution in [0.5, 0.6) is 5.75 Å². The van der Waals surface area contributed by atoms with Gasteiger partial charge >= 0.3 is 0 Å². The molecule has 0 heterocycles. The molecule has 3 rings (SSSR count). The van der Waals surface area contributed by atoms with Crippen LogP contribution in [0.25, 0.3) is 0 Å². The lowest BCUT2D eigenvalue weighted by Gasteiger charge is -2.11. The van der Waals surface area contributed by atoms with Gasteiger partial charge in [0.05, 0.1) is 0 Å². The Morgan fingerprint density at radius 2 is 1.96 bits per heavy atom. The standard InChI is InChI=1S/C18H19NO3S/c1-13(20)10-14-6-5-7-15-11-16(12-18(14)15)19-23(21)22-17-8-3-2-4-9-17/h2-9,16,19H,10-12H2,1H3. The van der Waals surface area contributed by atoms with E-state index in [0.717, 1.165) is 18.4 Å². The monoisotopic (exact) mass is 329 g/mol. The number of rotatable bonds is 6. The molecule has 2 atom stereocenters. The summed E-state index contributed by atoms with van der Waals surface area (Å²) in [6, 6.07) is 15.2. The van der Waals surface area contributed by atoms with E-state index in [-0.39, 0.29) is 11.8 Å². The molecule has 23 heavy (non-hydrogen) atoms. The van der Waals surface area contributed by atoms with Crippen LogP contribution in [0.1, 0.15) is 23.6 Å². The van der Waals surface area contributed by atoms with Gasteiger partial charge in [0.2, 0.25) is 0 Å². The van der Waals surface area contributed by atoms with Gasteiger partial charge in [0.25, 0.3) is 11.3 Å². The number of carbonyl (C=O) groups excluding carboxylic acids is 1. The summed E-state index contributed by atoms with van der Waals surface area (Å²) in [4.78, 5) is 11.4. The summed E-state index contributed by atoms with van der Waals surface area (Å²) in [7, 11) is 0. The van der Waals surface area contributed by atoms with Gasteiger partial charge in [0.15, 0.2) is 0 Å². The van der Waals surface area contributed by atoms with E-state index >= 15 is 0 Å². The van der Waals surface area contributed by atoms with Gasteiger partial charge in [-0.05, 0) is 48.6 Å². The van der Waals surface area contributed by atoms with E-state index in [9.17, 15) is 9.00 Å². The molecule has 5 heteroatoms. The SMILES string of the molecule is CC(=O)Cc1cccc2c1CC(NS(=O)Oc1ccccc1)C2. The maximum atomic E-state index is 12.1. The molecule has 0 aliphatic heterocycles. The van der Waals surface area contributed by atoms with Gasteiger partial charge in [-0.3, -0.25) is 4.79 Å². The molecular weight excluding hydrogens is 310 g/mol. The smallest absolute Gasteiger partial charge is 0.288 e. The highest BCUT2D eigenvalue weighted by Gasteiger charge is 2.25. The number of ketones is 1. The summed E-state index contributed by atoms with van der Waals surface area (Å²) >= 11 is -1.58.